The average Bonchev–Trinajstić information content (AvgIpc) is 3.12. The highest BCUT2D eigenvalue weighted by molar-refractivity contribution is 7.49. The first-order valence-corrected chi connectivity index (χ1v) is 27.6. The van der Waals surface area contributed by atoms with Gasteiger partial charge in [-0.3, -0.25) is 0 Å². The van der Waals surface area contributed by atoms with Gasteiger partial charge in [0.15, 0.2) is 0 Å². The van der Waals surface area contributed by atoms with Crippen LogP contribution in [0.5, 0.6) is 23.0 Å². The molecule has 9 nitrogen and oxygen atoms in total. The van der Waals surface area contributed by atoms with Crippen LogP contribution in [0.3, 0.4) is 0 Å². The van der Waals surface area contributed by atoms with E-state index in [1.807, 2.05) is 0 Å². The minimum absolute atomic E-state index is 0.221. The molecule has 0 bridgehead atoms. The number of hydrogen-bond acceptors (Lipinski definition) is 9. The van der Waals surface area contributed by atoms with Crippen molar-refractivity contribution in [3.8, 4) is 23.0 Å². The molecule has 0 spiro atoms. The maximum absolute atomic E-state index is 15.7. The molecule has 0 atom stereocenters. The van der Waals surface area contributed by atoms with Crippen LogP contribution in [0.4, 0.5) is 0 Å². The van der Waals surface area contributed by atoms with Gasteiger partial charge < -0.3 is 18.1 Å². The van der Waals surface area contributed by atoms with Crippen molar-refractivity contribution in [2.45, 2.75) is 222 Å². The SMILES string of the molecule is CC(C)(C)c1cc2c(c(C(C)(C)C)c1)OP(=O)(OOOP1(=O)Oc3c(cc(C(C)(C)C)cc3C(C)(C)C)Cc3cc(C(C)(C)C)cc(C(C)(C)C)c3O1)Oc1c(cc(C(C)(C)C)cc1C(C)(C)C)C2. The highest BCUT2D eigenvalue weighted by Crippen LogP contribution is 2.61. The van der Waals surface area contributed by atoms with E-state index in [1.165, 1.54) is 0 Å². The maximum Gasteiger partial charge on any atom is 0.618 e. The first-order valence-electron chi connectivity index (χ1n) is 24.6. The van der Waals surface area contributed by atoms with Crippen LogP contribution in [0.25, 0.3) is 0 Å². The lowest BCUT2D eigenvalue weighted by molar-refractivity contribution is -0.424. The molecule has 2 heterocycles. The fourth-order valence-electron chi connectivity index (χ4n) is 8.72. The molecule has 69 heavy (non-hydrogen) atoms. The summed E-state index contributed by atoms with van der Waals surface area (Å²) in [5.74, 6) is 1.42. The summed E-state index contributed by atoms with van der Waals surface area (Å²) in [4.78, 5) is 0. The summed E-state index contributed by atoms with van der Waals surface area (Å²) >= 11 is 0. The van der Waals surface area contributed by atoms with Crippen LogP contribution in [-0.2, 0) is 79.7 Å². The molecule has 0 saturated carbocycles. The third kappa shape index (κ3) is 12.0. The van der Waals surface area contributed by atoms with Gasteiger partial charge >= 0.3 is 15.6 Å². The molecular formula is C58H84O9P2. The van der Waals surface area contributed by atoms with E-state index in [1.54, 1.807) is 0 Å². The zero-order chi connectivity index (χ0) is 52.3. The van der Waals surface area contributed by atoms with Crippen molar-refractivity contribution in [3.05, 3.63) is 115 Å². The number of hydrogen-bond donors (Lipinski definition) is 0. The first kappa shape index (κ1) is 54.7. The van der Waals surface area contributed by atoms with Gasteiger partial charge in [-0.15, -0.1) is 0 Å². The average molecular weight is 987 g/mol. The second-order valence-corrected chi connectivity index (χ2v) is 30.7. The molecule has 11 heteroatoms. The third-order valence-corrected chi connectivity index (χ3v) is 15.3. The van der Waals surface area contributed by atoms with Crippen molar-refractivity contribution in [2.24, 2.45) is 0 Å². The van der Waals surface area contributed by atoms with Gasteiger partial charge in [0, 0.05) is 35.1 Å². The van der Waals surface area contributed by atoms with Crippen LogP contribution in [0.2, 0.25) is 0 Å². The van der Waals surface area contributed by atoms with Gasteiger partial charge in [0.05, 0.1) is 0 Å². The Bertz CT molecular complexity index is 2360. The first-order chi connectivity index (χ1) is 30.9. The monoisotopic (exact) mass is 987 g/mol. The number of phosphoric acid groups is 2. The second kappa shape index (κ2) is 17.6. The van der Waals surface area contributed by atoms with Crippen LogP contribution in [0, 0.1) is 0 Å². The summed E-state index contributed by atoms with van der Waals surface area (Å²) in [6, 6.07) is 16.9. The van der Waals surface area contributed by atoms with E-state index >= 15 is 9.13 Å². The highest BCUT2D eigenvalue weighted by Gasteiger charge is 2.46. The summed E-state index contributed by atoms with van der Waals surface area (Å²) in [6.07, 6.45) is 0.857. The van der Waals surface area contributed by atoms with E-state index in [-0.39, 0.29) is 21.7 Å². The van der Waals surface area contributed by atoms with Gasteiger partial charge in [-0.05, 0) is 92.9 Å². The Morgan fingerprint density at radius 2 is 0.507 bits per heavy atom. The van der Waals surface area contributed by atoms with E-state index in [0.29, 0.717) is 35.8 Å². The van der Waals surface area contributed by atoms with Crippen molar-refractivity contribution in [1.82, 2.24) is 0 Å². The Hall–Kier alpha value is -3.58. The van der Waals surface area contributed by atoms with Crippen LogP contribution in [0.1, 0.15) is 233 Å². The van der Waals surface area contributed by atoms with Crippen molar-refractivity contribution in [2.75, 3.05) is 0 Å². The second-order valence-electron chi connectivity index (χ2n) is 27.9. The maximum atomic E-state index is 15.7. The Kier molecular flexibility index (Phi) is 13.9. The summed E-state index contributed by atoms with van der Waals surface area (Å²) in [6.45, 7) is 51.2. The molecule has 0 saturated heterocycles. The minimum atomic E-state index is -4.91. The molecular weight excluding hydrogens is 903 g/mol. The molecule has 4 aromatic rings. The molecule has 2 aliphatic rings. The topological polar surface area (TPSA) is 98.8 Å². The van der Waals surface area contributed by atoms with Gasteiger partial charge in [-0.1, -0.05) is 224 Å². The molecule has 0 aliphatic carbocycles. The zero-order valence-electron chi connectivity index (χ0n) is 46.6. The number of phosphoric ester groups is 2. The van der Waals surface area contributed by atoms with Crippen LogP contribution >= 0.6 is 15.6 Å². The van der Waals surface area contributed by atoms with E-state index in [2.05, 4.69) is 215 Å². The molecule has 4 aromatic carbocycles. The highest BCUT2D eigenvalue weighted by atomic mass is 31.2. The lowest BCUT2D eigenvalue weighted by atomic mass is 9.76. The number of fused-ring (bicyclic) bond motifs is 4. The van der Waals surface area contributed by atoms with Crippen molar-refractivity contribution in [1.29, 1.82) is 0 Å². The van der Waals surface area contributed by atoms with Gasteiger partial charge in [-0.2, -0.15) is 0 Å². The molecule has 0 amide bonds. The standard InChI is InChI=1S/C58H84O9P2/c1-51(2,3)39-27-35-25-36-28-40(52(4,5)6)32-44(56(16,17)18)48(36)62-68(59,61-47(35)43(31-39)55(13,14)15)66-65-67-69(60)63-49-37(29-41(53(7,8)9)33-45(49)57(19,20)21)26-38-30-42(54(10,11)12)34-46(50(38)64-69)58(22,23)24/h27-34H,25-26H2,1-24H3. The Morgan fingerprint density at radius 1 is 0.319 bits per heavy atom. The minimum Gasteiger partial charge on any atom is -0.393 e. The largest absolute Gasteiger partial charge is 0.618 e. The Labute approximate surface area is 416 Å². The van der Waals surface area contributed by atoms with E-state index < -0.39 is 37.3 Å². The molecule has 0 unspecified atom stereocenters. The molecule has 0 radical (unpaired) electrons. The Balaban J connectivity index is 1.57. The Morgan fingerprint density at radius 3 is 0.667 bits per heavy atom. The van der Waals surface area contributed by atoms with Gasteiger partial charge in [0.2, 0.25) is 0 Å². The lowest BCUT2D eigenvalue weighted by Gasteiger charge is -2.35. The van der Waals surface area contributed by atoms with Crippen LogP contribution in [-0.4, -0.2) is 0 Å². The number of benzene rings is 4. The van der Waals surface area contributed by atoms with Crippen molar-refractivity contribution >= 4 is 15.6 Å². The van der Waals surface area contributed by atoms with E-state index in [0.717, 1.165) is 66.8 Å². The summed E-state index contributed by atoms with van der Waals surface area (Å²) in [5, 5.41) is 5.56. The van der Waals surface area contributed by atoms with Gasteiger partial charge in [0.1, 0.15) is 23.0 Å². The summed E-state index contributed by atoms with van der Waals surface area (Å²) < 4.78 is 69.5. The molecule has 0 N–H and O–H groups in total. The van der Waals surface area contributed by atoms with Crippen LogP contribution < -0.4 is 18.1 Å². The molecule has 0 aromatic heterocycles. The van der Waals surface area contributed by atoms with Crippen molar-refractivity contribution in [3.63, 3.8) is 0 Å². The van der Waals surface area contributed by atoms with Crippen LogP contribution in [0.15, 0.2) is 48.5 Å². The number of rotatable bonds is 4. The third-order valence-electron chi connectivity index (χ3n) is 13.2. The molecule has 380 valence electrons. The fraction of sp³-hybridized carbons (Fsp3) is 0.586. The van der Waals surface area contributed by atoms with E-state index in [9.17, 15) is 0 Å². The smallest absolute Gasteiger partial charge is 0.393 e. The van der Waals surface area contributed by atoms with Gasteiger partial charge in [0.25, 0.3) is 0 Å². The predicted molar refractivity (Wildman–Crippen MR) is 282 cm³/mol. The molecule has 6 rings (SSSR count). The summed E-state index contributed by atoms with van der Waals surface area (Å²) in [5.41, 5.74) is 8.12. The lowest BCUT2D eigenvalue weighted by Crippen LogP contribution is -2.24. The fourth-order valence-corrected chi connectivity index (χ4v) is 10.9. The summed E-state index contributed by atoms with van der Waals surface area (Å²) in [7, 11) is -9.81. The van der Waals surface area contributed by atoms with Gasteiger partial charge in [-0.25, -0.2) is 9.13 Å². The van der Waals surface area contributed by atoms with E-state index in [4.69, 9.17) is 32.5 Å². The molecule has 2 aliphatic heterocycles. The predicted octanol–water partition coefficient (Wildman–Crippen LogP) is 17.6. The van der Waals surface area contributed by atoms with Crippen molar-refractivity contribution < 1.29 is 41.6 Å². The quantitative estimate of drug-likeness (QED) is 0.112. The molecule has 0 fully saturated rings. The normalized spacial score (nSPS) is 16.7. The zero-order valence-corrected chi connectivity index (χ0v) is 48.4.